The molecule has 1 rings (SSSR count). The van der Waals surface area contributed by atoms with Crippen molar-refractivity contribution in [3.63, 3.8) is 0 Å². The minimum absolute atomic E-state index is 0.0949. The van der Waals surface area contributed by atoms with E-state index in [2.05, 4.69) is 0 Å². The van der Waals surface area contributed by atoms with Gasteiger partial charge in [0.1, 0.15) is 0 Å². The third kappa shape index (κ3) is 2.30. The van der Waals surface area contributed by atoms with Gasteiger partial charge in [0.15, 0.2) is 0 Å². The topological polar surface area (TPSA) is 40.5 Å². The summed E-state index contributed by atoms with van der Waals surface area (Å²) in [5.74, 6) is 0. The Hall–Kier alpha value is -0.935. The summed E-state index contributed by atoms with van der Waals surface area (Å²) in [6.45, 7) is 1.77. The SMILES string of the molecule is CCc1ccc(B(O)O)cc1C(F)F. The summed E-state index contributed by atoms with van der Waals surface area (Å²) < 4.78 is 25.0. The lowest BCUT2D eigenvalue weighted by atomic mass is 9.78. The first kappa shape index (κ1) is 11.1. The predicted octanol–water partition coefficient (Wildman–Crippen LogP) is 0.866. The average Bonchev–Trinajstić information content (AvgIpc) is 2.16. The van der Waals surface area contributed by atoms with Crippen molar-refractivity contribution < 1.29 is 18.8 Å². The number of alkyl halides is 2. The van der Waals surface area contributed by atoms with E-state index < -0.39 is 13.5 Å². The molecule has 0 atom stereocenters. The minimum atomic E-state index is -2.58. The van der Waals surface area contributed by atoms with Crippen LogP contribution in [0.4, 0.5) is 8.78 Å². The summed E-state index contributed by atoms with van der Waals surface area (Å²) in [6, 6.07) is 4.07. The van der Waals surface area contributed by atoms with Gasteiger partial charge < -0.3 is 10.0 Å². The molecule has 0 aliphatic rings. The van der Waals surface area contributed by atoms with Gasteiger partial charge in [-0.05, 0) is 17.4 Å². The predicted molar refractivity (Wildman–Crippen MR) is 50.6 cm³/mol. The summed E-state index contributed by atoms with van der Waals surface area (Å²) in [5, 5.41) is 17.6. The van der Waals surface area contributed by atoms with Gasteiger partial charge in [0.05, 0.1) is 0 Å². The number of hydrogen-bond donors (Lipinski definition) is 2. The van der Waals surface area contributed by atoms with E-state index >= 15 is 0 Å². The molecule has 0 saturated heterocycles. The molecule has 5 heteroatoms. The molecule has 0 amide bonds. The van der Waals surface area contributed by atoms with Gasteiger partial charge in [0, 0.05) is 5.56 Å². The van der Waals surface area contributed by atoms with Crippen LogP contribution in [0.3, 0.4) is 0 Å². The monoisotopic (exact) mass is 200 g/mol. The van der Waals surface area contributed by atoms with Crippen molar-refractivity contribution in [2.24, 2.45) is 0 Å². The van der Waals surface area contributed by atoms with Crippen LogP contribution in [-0.2, 0) is 6.42 Å². The molecule has 76 valence electrons. The van der Waals surface area contributed by atoms with Crippen LogP contribution in [0.1, 0.15) is 24.5 Å². The van der Waals surface area contributed by atoms with E-state index in [0.29, 0.717) is 12.0 Å². The second-order valence-corrected chi connectivity index (χ2v) is 2.99. The molecule has 0 bridgehead atoms. The maximum absolute atomic E-state index is 12.5. The summed E-state index contributed by atoms with van der Waals surface area (Å²) in [7, 11) is -1.70. The summed E-state index contributed by atoms with van der Waals surface area (Å²) in [6.07, 6.45) is -2.08. The highest BCUT2D eigenvalue weighted by atomic mass is 19.3. The fourth-order valence-corrected chi connectivity index (χ4v) is 1.30. The van der Waals surface area contributed by atoms with Gasteiger partial charge in [-0.3, -0.25) is 0 Å². The van der Waals surface area contributed by atoms with E-state index in [1.165, 1.54) is 12.1 Å². The number of aryl methyl sites for hydroxylation is 1. The van der Waals surface area contributed by atoms with Crippen LogP contribution < -0.4 is 5.46 Å². The Labute approximate surface area is 81.3 Å². The van der Waals surface area contributed by atoms with E-state index in [-0.39, 0.29) is 11.0 Å². The quantitative estimate of drug-likeness (QED) is 0.710. The molecule has 0 heterocycles. The minimum Gasteiger partial charge on any atom is -0.423 e. The fourth-order valence-electron chi connectivity index (χ4n) is 1.30. The van der Waals surface area contributed by atoms with E-state index in [4.69, 9.17) is 10.0 Å². The van der Waals surface area contributed by atoms with Crippen LogP contribution in [0.5, 0.6) is 0 Å². The molecule has 2 N–H and O–H groups in total. The highest BCUT2D eigenvalue weighted by Crippen LogP contribution is 2.22. The Bertz CT molecular complexity index is 316. The molecule has 0 spiro atoms. The van der Waals surface area contributed by atoms with Crippen LogP contribution in [0.15, 0.2) is 18.2 Å². The zero-order valence-corrected chi connectivity index (χ0v) is 7.74. The van der Waals surface area contributed by atoms with E-state index in [1.807, 2.05) is 0 Å². The molecule has 0 saturated carbocycles. The first-order chi connectivity index (χ1) is 6.56. The molecule has 0 aromatic heterocycles. The number of rotatable bonds is 3. The number of hydrogen-bond acceptors (Lipinski definition) is 2. The molecule has 1 aromatic rings. The second-order valence-electron chi connectivity index (χ2n) is 2.99. The number of halogens is 2. The van der Waals surface area contributed by atoms with E-state index in [1.54, 1.807) is 6.92 Å². The lowest BCUT2D eigenvalue weighted by Gasteiger charge is -2.09. The summed E-state index contributed by atoms with van der Waals surface area (Å²) >= 11 is 0. The molecule has 0 aliphatic carbocycles. The van der Waals surface area contributed by atoms with Crippen LogP contribution in [-0.4, -0.2) is 17.2 Å². The van der Waals surface area contributed by atoms with Gasteiger partial charge in [0.25, 0.3) is 6.43 Å². The Balaban J connectivity index is 3.14. The normalized spacial score (nSPS) is 10.7. The van der Waals surface area contributed by atoms with Crippen molar-refractivity contribution in [1.82, 2.24) is 0 Å². The fraction of sp³-hybridized carbons (Fsp3) is 0.333. The van der Waals surface area contributed by atoms with Crippen LogP contribution in [0, 0.1) is 0 Å². The van der Waals surface area contributed by atoms with E-state index in [9.17, 15) is 8.78 Å². The van der Waals surface area contributed by atoms with Gasteiger partial charge in [-0.2, -0.15) is 0 Å². The molecule has 2 nitrogen and oxygen atoms in total. The molecule has 0 radical (unpaired) electrons. The highest BCUT2D eigenvalue weighted by molar-refractivity contribution is 6.58. The van der Waals surface area contributed by atoms with Crippen molar-refractivity contribution in [1.29, 1.82) is 0 Å². The summed E-state index contributed by atoms with van der Waals surface area (Å²) in [4.78, 5) is 0. The van der Waals surface area contributed by atoms with Crippen molar-refractivity contribution in [2.45, 2.75) is 19.8 Å². The Morgan fingerprint density at radius 2 is 2.00 bits per heavy atom. The van der Waals surface area contributed by atoms with Gasteiger partial charge in [-0.25, -0.2) is 8.78 Å². The lowest BCUT2D eigenvalue weighted by Crippen LogP contribution is -2.30. The van der Waals surface area contributed by atoms with Gasteiger partial charge >= 0.3 is 7.12 Å². The van der Waals surface area contributed by atoms with Crippen molar-refractivity contribution >= 4 is 12.6 Å². The largest absolute Gasteiger partial charge is 0.488 e. The van der Waals surface area contributed by atoms with Gasteiger partial charge in [-0.15, -0.1) is 0 Å². The Kier molecular flexibility index (Phi) is 3.60. The Morgan fingerprint density at radius 1 is 1.36 bits per heavy atom. The highest BCUT2D eigenvalue weighted by Gasteiger charge is 2.17. The zero-order chi connectivity index (χ0) is 10.7. The lowest BCUT2D eigenvalue weighted by molar-refractivity contribution is 0.150. The number of benzene rings is 1. The zero-order valence-electron chi connectivity index (χ0n) is 7.74. The molecule has 0 fully saturated rings. The third-order valence-electron chi connectivity index (χ3n) is 2.08. The third-order valence-corrected chi connectivity index (χ3v) is 2.08. The van der Waals surface area contributed by atoms with Gasteiger partial charge in [0.2, 0.25) is 0 Å². The Morgan fingerprint density at radius 3 is 2.43 bits per heavy atom. The maximum Gasteiger partial charge on any atom is 0.488 e. The molecule has 1 aromatic carbocycles. The summed E-state index contributed by atoms with van der Waals surface area (Å²) in [5.41, 5.74) is 0.500. The standard InChI is InChI=1S/C9H11BF2O2/c1-2-6-3-4-7(10(13)14)5-8(6)9(11)12/h3-5,9,13-14H,2H2,1H3. The first-order valence-electron chi connectivity index (χ1n) is 4.33. The first-order valence-corrected chi connectivity index (χ1v) is 4.33. The average molecular weight is 200 g/mol. The van der Waals surface area contributed by atoms with E-state index in [0.717, 1.165) is 6.07 Å². The van der Waals surface area contributed by atoms with Crippen molar-refractivity contribution in [3.05, 3.63) is 29.3 Å². The molecular weight excluding hydrogens is 189 g/mol. The van der Waals surface area contributed by atoms with Crippen LogP contribution in [0.25, 0.3) is 0 Å². The molecule has 0 unspecified atom stereocenters. The van der Waals surface area contributed by atoms with Crippen LogP contribution in [0.2, 0.25) is 0 Å². The van der Waals surface area contributed by atoms with Gasteiger partial charge in [-0.1, -0.05) is 25.1 Å². The van der Waals surface area contributed by atoms with Crippen molar-refractivity contribution in [2.75, 3.05) is 0 Å². The second kappa shape index (κ2) is 4.53. The molecular formula is C9H11BF2O2. The smallest absolute Gasteiger partial charge is 0.423 e. The van der Waals surface area contributed by atoms with Crippen LogP contribution >= 0.6 is 0 Å². The maximum atomic E-state index is 12.5. The molecule has 14 heavy (non-hydrogen) atoms. The molecule has 0 aliphatic heterocycles. The van der Waals surface area contributed by atoms with Crippen molar-refractivity contribution in [3.8, 4) is 0 Å².